The number of carbonyl (C=O) groups excluding carboxylic acids is 2. The molecule has 0 spiro atoms. The van der Waals surface area contributed by atoms with Crippen LogP contribution in [-0.2, 0) is 9.47 Å². The highest BCUT2D eigenvalue weighted by molar-refractivity contribution is 9.10. The summed E-state index contributed by atoms with van der Waals surface area (Å²) in [5.41, 5.74) is 1.91. The quantitative estimate of drug-likeness (QED) is 0.192. The van der Waals surface area contributed by atoms with Crippen LogP contribution < -0.4 is 0 Å². The first-order valence-corrected chi connectivity index (χ1v) is 13.3. The minimum atomic E-state index is -0.328. The van der Waals surface area contributed by atoms with Gasteiger partial charge in [0.1, 0.15) is 9.75 Å². The smallest absolute Gasteiger partial charge is 0.348 e. The van der Waals surface area contributed by atoms with E-state index in [0.717, 1.165) is 35.8 Å². The van der Waals surface area contributed by atoms with Crippen molar-refractivity contribution in [3.8, 4) is 11.1 Å². The van der Waals surface area contributed by atoms with Gasteiger partial charge in [0.15, 0.2) is 0 Å². The van der Waals surface area contributed by atoms with Crippen molar-refractivity contribution in [1.29, 1.82) is 0 Å². The summed E-state index contributed by atoms with van der Waals surface area (Å²) < 4.78 is 12.5. The largest absolute Gasteiger partial charge is 0.465 e. The molecule has 0 fully saturated rings. The number of ether oxygens (including phenoxy) is 2. The molecule has 35 heavy (non-hydrogen) atoms. The second-order valence-corrected chi connectivity index (χ2v) is 11.1. The summed E-state index contributed by atoms with van der Waals surface area (Å²) in [6.07, 6.45) is 0. The molecule has 4 nitrogen and oxygen atoms in total. The summed E-state index contributed by atoms with van der Waals surface area (Å²) in [6, 6.07) is 20.9. The van der Waals surface area contributed by atoms with Crippen molar-refractivity contribution in [2.45, 2.75) is 0 Å². The van der Waals surface area contributed by atoms with E-state index in [4.69, 9.17) is 27.9 Å². The topological polar surface area (TPSA) is 52.6 Å². The van der Waals surface area contributed by atoms with Crippen LogP contribution in [0.15, 0.2) is 71.2 Å². The molecule has 178 valence electrons. The molecule has 2 heterocycles. The van der Waals surface area contributed by atoms with Crippen LogP contribution in [0, 0.1) is 0 Å². The fraction of sp³-hybridized carbons (Fsp3) is 0.0769. The number of hydrogen-bond acceptors (Lipinski definition) is 6. The number of thiophene rings is 2. The van der Waals surface area contributed by atoms with Crippen LogP contribution in [0.2, 0.25) is 10.0 Å². The average Bonchev–Trinajstić information content (AvgIpc) is 3.48. The van der Waals surface area contributed by atoms with E-state index in [0.29, 0.717) is 19.8 Å². The van der Waals surface area contributed by atoms with Gasteiger partial charge in [0.05, 0.1) is 14.2 Å². The lowest BCUT2D eigenvalue weighted by atomic mass is 10.0. The van der Waals surface area contributed by atoms with Crippen molar-refractivity contribution in [2.24, 2.45) is 0 Å². The van der Waals surface area contributed by atoms with Gasteiger partial charge in [0.2, 0.25) is 0 Å². The minimum absolute atomic E-state index is 0.280. The van der Waals surface area contributed by atoms with Crippen molar-refractivity contribution in [3.63, 3.8) is 0 Å². The van der Waals surface area contributed by atoms with Gasteiger partial charge in [-0.15, -0.1) is 22.7 Å². The maximum atomic E-state index is 11.7. The van der Waals surface area contributed by atoms with E-state index in [2.05, 4.69) is 20.7 Å². The molecular weight excluding hydrogens is 591 g/mol. The third-order valence-electron chi connectivity index (χ3n) is 5.02. The Labute approximate surface area is 228 Å². The van der Waals surface area contributed by atoms with Crippen LogP contribution in [0.25, 0.3) is 31.3 Å². The molecule has 0 amide bonds. The fourth-order valence-electron chi connectivity index (χ4n) is 3.45. The molecule has 0 aliphatic heterocycles. The lowest BCUT2D eigenvalue weighted by molar-refractivity contribution is 0.0597. The number of benzene rings is 3. The van der Waals surface area contributed by atoms with E-state index < -0.39 is 0 Å². The molecule has 0 unspecified atom stereocenters. The van der Waals surface area contributed by atoms with E-state index in [-0.39, 0.29) is 11.9 Å². The second-order valence-electron chi connectivity index (χ2n) is 7.23. The molecule has 9 heteroatoms. The standard InChI is InChI=1S/C16H10Cl2O2S.C10H7BrO2S/c1-20-16(19)15-8-13-12(3-2-4-14(13)21-15)9-5-10(17)7-11(18)6-9;1-13-10(12)9-5-6-7(11)3-2-4-8(6)14-9/h2-8H,1H3;2-5H,1H3. The maximum absolute atomic E-state index is 11.7. The molecule has 5 aromatic rings. The molecule has 0 radical (unpaired) electrons. The maximum Gasteiger partial charge on any atom is 0.348 e. The molecule has 5 rings (SSSR count). The van der Waals surface area contributed by atoms with Gasteiger partial charge >= 0.3 is 11.9 Å². The first-order chi connectivity index (χ1) is 16.8. The van der Waals surface area contributed by atoms with Crippen LogP contribution in [0.5, 0.6) is 0 Å². The van der Waals surface area contributed by atoms with Crippen LogP contribution in [-0.4, -0.2) is 26.2 Å². The normalized spacial score (nSPS) is 10.7. The Morgan fingerprint density at radius 3 is 1.80 bits per heavy atom. The van der Waals surface area contributed by atoms with E-state index in [1.165, 1.54) is 36.9 Å². The number of halogens is 3. The van der Waals surface area contributed by atoms with Gasteiger partial charge in [0, 0.05) is 34.7 Å². The zero-order valence-corrected chi connectivity index (χ0v) is 23.2. The Morgan fingerprint density at radius 1 is 0.743 bits per heavy atom. The van der Waals surface area contributed by atoms with Gasteiger partial charge in [-0.05, 0) is 59.7 Å². The molecule has 3 aromatic carbocycles. The predicted octanol–water partition coefficient (Wildman–Crippen LogP) is 9.11. The summed E-state index contributed by atoms with van der Waals surface area (Å²) in [4.78, 5) is 24.2. The van der Waals surface area contributed by atoms with Crippen molar-refractivity contribution < 1.29 is 19.1 Å². The van der Waals surface area contributed by atoms with Crippen molar-refractivity contribution >= 4 is 93.9 Å². The first kappa shape index (κ1) is 25.7. The van der Waals surface area contributed by atoms with E-state index in [9.17, 15) is 9.59 Å². The Kier molecular flexibility index (Phi) is 8.14. The van der Waals surface area contributed by atoms with Crippen LogP contribution in [0.3, 0.4) is 0 Å². The SMILES string of the molecule is COC(=O)c1cc2c(-c3cc(Cl)cc(Cl)c3)cccc2s1.COC(=O)c1cc2c(Br)cccc2s1. The third kappa shape index (κ3) is 5.71. The van der Waals surface area contributed by atoms with E-state index >= 15 is 0 Å². The number of carbonyl (C=O) groups is 2. The van der Waals surface area contributed by atoms with Gasteiger partial charge in [-0.2, -0.15) is 0 Å². The molecule has 0 N–H and O–H groups in total. The van der Waals surface area contributed by atoms with Gasteiger partial charge < -0.3 is 9.47 Å². The fourth-order valence-corrected chi connectivity index (χ4v) is 6.60. The minimum Gasteiger partial charge on any atom is -0.465 e. The number of rotatable bonds is 3. The van der Waals surface area contributed by atoms with Crippen molar-refractivity contribution in [3.05, 3.63) is 91.0 Å². The highest BCUT2D eigenvalue weighted by atomic mass is 79.9. The van der Waals surface area contributed by atoms with Gasteiger partial charge in [-0.1, -0.05) is 57.3 Å². The van der Waals surface area contributed by atoms with Crippen LogP contribution in [0.1, 0.15) is 19.3 Å². The zero-order valence-electron chi connectivity index (χ0n) is 18.4. The summed E-state index contributed by atoms with van der Waals surface area (Å²) >= 11 is 18.4. The lowest BCUT2D eigenvalue weighted by Crippen LogP contribution is -1.96. The Balaban J connectivity index is 0.000000179. The summed E-state index contributed by atoms with van der Waals surface area (Å²) in [5.74, 6) is -0.607. The molecule has 0 aliphatic carbocycles. The van der Waals surface area contributed by atoms with Gasteiger partial charge in [0.25, 0.3) is 0 Å². The second kappa shape index (κ2) is 11.1. The highest BCUT2D eigenvalue weighted by Gasteiger charge is 2.14. The van der Waals surface area contributed by atoms with Crippen LogP contribution in [0.4, 0.5) is 0 Å². The Morgan fingerprint density at radius 2 is 1.26 bits per heavy atom. The number of methoxy groups -OCH3 is 2. The lowest BCUT2D eigenvalue weighted by Gasteiger charge is -2.05. The molecule has 0 saturated heterocycles. The zero-order chi connectivity index (χ0) is 25.1. The monoisotopic (exact) mass is 606 g/mol. The van der Waals surface area contributed by atoms with E-state index in [1.54, 1.807) is 6.07 Å². The highest BCUT2D eigenvalue weighted by Crippen LogP contribution is 2.36. The van der Waals surface area contributed by atoms with Gasteiger partial charge in [-0.25, -0.2) is 9.59 Å². The van der Waals surface area contributed by atoms with Crippen molar-refractivity contribution in [1.82, 2.24) is 0 Å². The molecule has 0 atom stereocenters. The van der Waals surface area contributed by atoms with Crippen LogP contribution >= 0.6 is 61.8 Å². The summed E-state index contributed by atoms with van der Waals surface area (Å²) in [5, 5.41) is 3.20. The average molecular weight is 608 g/mol. The van der Waals surface area contributed by atoms with Gasteiger partial charge in [-0.3, -0.25) is 0 Å². The third-order valence-corrected chi connectivity index (χ3v) is 8.31. The molecule has 0 saturated carbocycles. The predicted molar refractivity (Wildman–Crippen MR) is 149 cm³/mol. The Hall–Kier alpha value is -2.42. The number of fused-ring (bicyclic) bond motifs is 2. The molecule has 0 aliphatic rings. The summed E-state index contributed by atoms with van der Waals surface area (Å²) in [6.45, 7) is 0. The van der Waals surface area contributed by atoms with E-state index in [1.807, 2.05) is 60.7 Å². The first-order valence-electron chi connectivity index (χ1n) is 10.1. The Bertz CT molecular complexity index is 1540. The number of esters is 2. The van der Waals surface area contributed by atoms with Crippen molar-refractivity contribution in [2.75, 3.05) is 14.2 Å². The molecular formula is C26H17BrCl2O4S2. The number of hydrogen-bond donors (Lipinski definition) is 0. The molecule has 2 aromatic heterocycles. The molecule has 0 bridgehead atoms. The summed E-state index contributed by atoms with van der Waals surface area (Å²) in [7, 11) is 2.77.